The molecule has 0 aromatic rings. The second kappa shape index (κ2) is 7.22. The summed E-state index contributed by atoms with van der Waals surface area (Å²) in [5.74, 6) is -0.813. The van der Waals surface area contributed by atoms with E-state index in [0.29, 0.717) is 6.42 Å². The second-order valence-corrected chi connectivity index (χ2v) is 6.63. The summed E-state index contributed by atoms with van der Waals surface area (Å²) < 4.78 is 0. The first-order valence-electron chi connectivity index (χ1n) is 7.94. The number of rotatable bonds is 5. The van der Waals surface area contributed by atoms with Gasteiger partial charge in [-0.05, 0) is 25.3 Å². The van der Waals surface area contributed by atoms with Crippen molar-refractivity contribution in [3.63, 3.8) is 0 Å². The number of amides is 1. The van der Waals surface area contributed by atoms with Crippen molar-refractivity contribution in [3.05, 3.63) is 0 Å². The number of piperazine rings is 1. The summed E-state index contributed by atoms with van der Waals surface area (Å²) >= 11 is 0. The minimum Gasteiger partial charge on any atom is -0.481 e. The summed E-state index contributed by atoms with van der Waals surface area (Å²) in [5, 5.41) is 11.1. The maximum absolute atomic E-state index is 12.3. The van der Waals surface area contributed by atoms with Crippen LogP contribution in [0.1, 0.15) is 44.9 Å². The highest BCUT2D eigenvalue weighted by Gasteiger charge is 2.36. The molecule has 6 heteroatoms. The fraction of sp³-hybridized carbons (Fsp3) is 0.867. The van der Waals surface area contributed by atoms with Crippen molar-refractivity contribution in [1.82, 2.24) is 15.3 Å². The molecule has 1 aliphatic carbocycles. The number of aliphatic carboxylic acids is 1. The maximum Gasteiger partial charge on any atom is 0.303 e. The standard InChI is InChI=1S/C15H27N3O3/c1-17-7-9-18(10-8-17)16-13(19)11-15(12-14(20)21)5-3-2-4-6-15/h2-12H2,1H3,(H,16,19)(H,20,21). The Balaban J connectivity index is 1.87. The lowest BCUT2D eigenvalue weighted by Crippen LogP contribution is -2.53. The highest BCUT2D eigenvalue weighted by molar-refractivity contribution is 5.77. The molecule has 2 N–H and O–H groups in total. The van der Waals surface area contributed by atoms with Crippen molar-refractivity contribution in [1.29, 1.82) is 0 Å². The Kier molecular flexibility index (Phi) is 5.58. The molecule has 1 saturated heterocycles. The van der Waals surface area contributed by atoms with Crippen LogP contribution in [-0.4, -0.2) is 60.1 Å². The van der Waals surface area contributed by atoms with E-state index in [-0.39, 0.29) is 17.7 Å². The predicted octanol–water partition coefficient (Wildman–Crippen LogP) is 1.08. The summed E-state index contributed by atoms with van der Waals surface area (Å²) in [6.07, 6.45) is 5.39. The van der Waals surface area contributed by atoms with E-state index in [1.807, 2.05) is 5.01 Å². The molecular formula is C15H27N3O3. The van der Waals surface area contributed by atoms with E-state index in [1.165, 1.54) is 0 Å². The van der Waals surface area contributed by atoms with Gasteiger partial charge in [0, 0.05) is 32.6 Å². The maximum atomic E-state index is 12.3. The number of likely N-dealkylation sites (N-methyl/N-ethyl adjacent to an activating group) is 1. The number of carbonyl (C=O) groups excluding carboxylic acids is 1. The number of carbonyl (C=O) groups is 2. The van der Waals surface area contributed by atoms with Crippen LogP contribution < -0.4 is 5.43 Å². The molecular weight excluding hydrogens is 270 g/mol. The van der Waals surface area contributed by atoms with Gasteiger partial charge in [-0.2, -0.15) is 0 Å². The van der Waals surface area contributed by atoms with Gasteiger partial charge >= 0.3 is 5.97 Å². The second-order valence-electron chi connectivity index (χ2n) is 6.63. The summed E-state index contributed by atoms with van der Waals surface area (Å²) in [7, 11) is 2.07. The van der Waals surface area contributed by atoms with Gasteiger partial charge in [-0.25, -0.2) is 5.01 Å². The molecule has 0 aromatic heterocycles. The van der Waals surface area contributed by atoms with E-state index < -0.39 is 5.97 Å². The number of nitrogens with one attached hydrogen (secondary N) is 1. The Morgan fingerprint density at radius 3 is 2.24 bits per heavy atom. The van der Waals surface area contributed by atoms with Gasteiger partial charge in [-0.3, -0.25) is 15.0 Å². The van der Waals surface area contributed by atoms with E-state index in [1.54, 1.807) is 0 Å². The van der Waals surface area contributed by atoms with Gasteiger partial charge in [0.05, 0.1) is 6.42 Å². The van der Waals surface area contributed by atoms with Crippen molar-refractivity contribution in [3.8, 4) is 0 Å². The van der Waals surface area contributed by atoms with Crippen molar-refractivity contribution < 1.29 is 14.7 Å². The highest BCUT2D eigenvalue weighted by atomic mass is 16.4. The minimum absolute atomic E-state index is 0.0253. The first-order valence-corrected chi connectivity index (χ1v) is 7.94. The predicted molar refractivity (Wildman–Crippen MR) is 79.6 cm³/mol. The van der Waals surface area contributed by atoms with Crippen LogP contribution in [0.2, 0.25) is 0 Å². The van der Waals surface area contributed by atoms with E-state index in [4.69, 9.17) is 5.11 Å². The highest BCUT2D eigenvalue weighted by Crippen LogP contribution is 2.42. The molecule has 6 nitrogen and oxygen atoms in total. The largest absolute Gasteiger partial charge is 0.481 e. The van der Waals surface area contributed by atoms with Crippen LogP contribution in [0.5, 0.6) is 0 Å². The molecule has 1 aliphatic heterocycles. The van der Waals surface area contributed by atoms with Crippen molar-refractivity contribution >= 4 is 11.9 Å². The topological polar surface area (TPSA) is 72.9 Å². The number of hydrazine groups is 1. The quantitative estimate of drug-likeness (QED) is 0.794. The molecule has 1 amide bonds. The Bertz CT molecular complexity index is 372. The molecule has 2 aliphatic rings. The van der Waals surface area contributed by atoms with E-state index in [0.717, 1.165) is 58.3 Å². The van der Waals surface area contributed by atoms with Crippen molar-refractivity contribution in [2.75, 3.05) is 33.2 Å². The number of carboxylic acids is 1. The number of carboxylic acid groups (broad SMARTS) is 1. The van der Waals surface area contributed by atoms with Crippen LogP contribution in [0, 0.1) is 5.41 Å². The normalized spacial score (nSPS) is 23.7. The fourth-order valence-electron chi connectivity index (χ4n) is 3.51. The minimum atomic E-state index is -0.788. The Morgan fingerprint density at radius 2 is 1.67 bits per heavy atom. The van der Waals surface area contributed by atoms with Gasteiger partial charge in [-0.1, -0.05) is 19.3 Å². The van der Waals surface area contributed by atoms with Crippen LogP contribution in [-0.2, 0) is 9.59 Å². The van der Waals surface area contributed by atoms with Gasteiger partial charge < -0.3 is 10.0 Å². The third-order valence-corrected chi connectivity index (χ3v) is 4.76. The average molecular weight is 297 g/mol. The summed E-state index contributed by atoms with van der Waals surface area (Å²) in [6.45, 7) is 3.55. The van der Waals surface area contributed by atoms with E-state index >= 15 is 0 Å². The first kappa shape index (κ1) is 16.2. The molecule has 1 heterocycles. The van der Waals surface area contributed by atoms with Gasteiger partial charge in [0.25, 0.3) is 0 Å². The Hall–Kier alpha value is -1.14. The molecule has 0 atom stereocenters. The molecule has 1 saturated carbocycles. The van der Waals surface area contributed by atoms with Gasteiger partial charge in [-0.15, -0.1) is 0 Å². The smallest absolute Gasteiger partial charge is 0.303 e. The molecule has 2 fully saturated rings. The molecule has 2 rings (SSSR count). The molecule has 0 bridgehead atoms. The lowest BCUT2D eigenvalue weighted by molar-refractivity contribution is -0.141. The third-order valence-electron chi connectivity index (χ3n) is 4.76. The fourth-order valence-corrected chi connectivity index (χ4v) is 3.51. The Morgan fingerprint density at radius 1 is 1.05 bits per heavy atom. The zero-order valence-corrected chi connectivity index (χ0v) is 12.9. The summed E-state index contributed by atoms with van der Waals surface area (Å²) in [6, 6.07) is 0. The zero-order valence-electron chi connectivity index (χ0n) is 12.9. The summed E-state index contributed by atoms with van der Waals surface area (Å²) in [4.78, 5) is 25.7. The van der Waals surface area contributed by atoms with Gasteiger partial charge in [0.15, 0.2) is 0 Å². The first-order chi connectivity index (χ1) is 9.99. The van der Waals surface area contributed by atoms with Crippen LogP contribution in [0.25, 0.3) is 0 Å². The van der Waals surface area contributed by atoms with E-state index in [9.17, 15) is 9.59 Å². The summed E-state index contributed by atoms with van der Waals surface area (Å²) in [5.41, 5.74) is 2.63. The van der Waals surface area contributed by atoms with Crippen molar-refractivity contribution in [2.45, 2.75) is 44.9 Å². The SMILES string of the molecule is CN1CCN(NC(=O)CC2(CC(=O)O)CCCCC2)CC1. The lowest BCUT2D eigenvalue weighted by Gasteiger charge is -2.37. The molecule has 0 radical (unpaired) electrons. The molecule has 21 heavy (non-hydrogen) atoms. The van der Waals surface area contributed by atoms with Crippen LogP contribution >= 0.6 is 0 Å². The number of hydrogen-bond acceptors (Lipinski definition) is 4. The molecule has 120 valence electrons. The van der Waals surface area contributed by atoms with E-state index in [2.05, 4.69) is 17.4 Å². The lowest BCUT2D eigenvalue weighted by atomic mass is 9.69. The molecule has 0 unspecified atom stereocenters. The van der Waals surface area contributed by atoms with Gasteiger partial charge in [0.1, 0.15) is 0 Å². The van der Waals surface area contributed by atoms with Gasteiger partial charge in [0.2, 0.25) is 5.91 Å². The molecule has 0 aromatic carbocycles. The van der Waals surface area contributed by atoms with Crippen LogP contribution in [0.15, 0.2) is 0 Å². The molecule has 0 spiro atoms. The third kappa shape index (κ3) is 4.97. The van der Waals surface area contributed by atoms with Crippen LogP contribution in [0.3, 0.4) is 0 Å². The number of nitrogens with zero attached hydrogens (tertiary/aromatic N) is 2. The van der Waals surface area contributed by atoms with Crippen LogP contribution in [0.4, 0.5) is 0 Å². The van der Waals surface area contributed by atoms with Crippen molar-refractivity contribution in [2.24, 2.45) is 5.41 Å². The monoisotopic (exact) mass is 297 g/mol. The zero-order chi connectivity index (χ0) is 15.3. The average Bonchev–Trinajstić information content (AvgIpc) is 2.41. The Labute approximate surface area is 126 Å². The number of hydrogen-bond donors (Lipinski definition) is 2.